The first kappa shape index (κ1) is 30.6. The van der Waals surface area contributed by atoms with E-state index in [1.807, 2.05) is 24.3 Å². The van der Waals surface area contributed by atoms with Crippen LogP contribution in [0.1, 0.15) is 48.1 Å². The summed E-state index contributed by atoms with van der Waals surface area (Å²) in [6.45, 7) is 6.92. The first-order chi connectivity index (χ1) is 18.8. The van der Waals surface area contributed by atoms with Crippen molar-refractivity contribution in [2.45, 2.75) is 57.3 Å². The van der Waals surface area contributed by atoms with Crippen molar-refractivity contribution in [1.29, 1.82) is 0 Å². The van der Waals surface area contributed by atoms with Crippen LogP contribution < -0.4 is 4.74 Å². The molecular formula is C29H36N2O9. The van der Waals surface area contributed by atoms with Gasteiger partial charge in [0, 0.05) is 41.8 Å². The SMILES string of the molecule is COc1ccccc1C1(O)CCN(Cc2c(C)[nH]c3cc(C)ccc23)CC1.O=C(O)CC(O)(CC(=O)O)C(=O)O. The number of aromatic nitrogens is 1. The number of hydrogen-bond acceptors (Lipinski definition) is 7. The minimum Gasteiger partial charge on any atom is -0.496 e. The van der Waals surface area contributed by atoms with E-state index in [4.69, 9.17) is 25.2 Å². The fraction of sp³-hybridized carbons (Fsp3) is 0.414. The molecule has 1 fully saturated rings. The van der Waals surface area contributed by atoms with Crippen LogP contribution in [0, 0.1) is 13.8 Å². The van der Waals surface area contributed by atoms with Gasteiger partial charge >= 0.3 is 17.9 Å². The Labute approximate surface area is 231 Å². The van der Waals surface area contributed by atoms with Gasteiger partial charge in [0.05, 0.1) is 25.6 Å². The molecule has 11 nitrogen and oxygen atoms in total. The molecular weight excluding hydrogens is 520 g/mol. The Morgan fingerprint density at radius 3 is 2.15 bits per heavy atom. The molecule has 11 heteroatoms. The van der Waals surface area contributed by atoms with Crippen molar-refractivity contribution in [2.75, 3.05) is 20.2 Å². The zero-order valence-electron chi connectivity index (χ0n) is 22.8. The summed E-state index contributed by atoms with van der Waals surface area (Å²) in [6.07, 6.45) is -0.856. The van der Waals surface area contributed by atoms with Gasteiger partial charge in [-0.25, -0.2) is 4.79 Å². The summed E-state index contributed by atoms with van der Waals surface area (Å²) < 4.78 is 5.47. The van der Waals surface area contributed by atoms with Gasteiger partial charge in [0.2, 0.25) is 0 Å². The van der Waals surface area contributed by atoms with E-state index in [2.05, 4.69) is 41.9 Å². The average molecular weight is 557 g/mol. The number of piperidine rings is 1. The molecule has 0 radical (unpaired) electrons. The molecule has 0 atom stereocenters. The number of rotatable bonds is 9. The molecule has 4 rings (SSSR count). The lowest BCUT2D eigenvalue weighted by Crippen LogP contribution is -2.42. The molecule has 0 bridgehead atoms. The van der Waals surface area contributed by atoms with E-state index in [0.29, 0.717) is 12.8 Å². The molecule has 2 aromatic carbocycles. The van der Waals surface area contributed by atoms with Crippen LogP contribution in [-0.2, 0) is 26.5 Å². The number of aliphatic carboxylic acids is 3. The largest absolute Gasteiger partial charge is 0.496 e. The number of fused-ring (bicyclic) bond motifs is 1. The summed E-state index contributed by atoms with van der Waals surface area (Å²) in [7, 11) is 1.67. The van der Waals surface area contributed by atoms with Gasteiger partial charge in [-0.3, -0.25) is 14.5 Å². The molecule has 3 aromatic rings. The number of ether oxygens (including phenoxy) is 1. The van der Waals surface area contributed by atoms with Crippen LogP contribution in [0.3, 0.4) is 0 Å². The van der Waals surface area contributed by atoms with Gasteiger partial charge in [-0.15, -0.1) is 0 Å². The summed E-state index contributed by atoms with van der Waals surface area (Å²) in [6, 6.07) is 14.4. The number of aryl methyl sites for hydroxylation is 2. The Bertz CT molecular complexity index is 1360. The normalized spacial score (nSPS) is 15.2. The molecule has 1 aromatic heterocycles. The number of carboxylic acids is 3. The van der Waals surface area contributed by atoms with E-state index in [1.165, 1.54) is 27.7 Å². The third-order valence-electron chi connectivity index (χ3n) is 7.23. The molecule has 0 amide bonds. The second-order valence-corrected chi connectivity index (χ2v) is 10.3. The highest BCUT2D eigenvalue weighted by Crippen LogP contribution is 2.38. The van der Waals surface area contributed by atoms with Crippen LogP contribution in [0.5, 0.6) is 5.75 Å². The smallest absolute Gasteiger partial charge is 0.336 e. The maximum atomic E-state index is 11.2. The number of aliphatic hydroxyl groups is 2. The van der Waals surface area contributed by atoms with Gasteiger partial charge in [0.25, 0.3) is 0 Å². The van der Waals surface area contributed by atoms with Crippen molar-refractivity contribution in [3.63, 3.8) is 0 Å². The Kier molecular flexibility index (Phi) is 9.56. The molecule has 0 aliphatic carbocycles. The van der Waals surface area contributed by atoms with E-state index < -0.39 is 42.0 Å². The van der Waals surface area contributed by atoms with Crippen LogP contribution in [0.25, 0.3) is 10.9 Å². The van der Waals surface area contributed by atoms with E-state index in [0.717, 1.165) is 30.9 Å². The zero-order valence-corrected chi connectivity index (χ0v) is 22.8. The molecule has 1 aliphatic heterocycles. The van der Waals surface area contributed by atoms with Gasteiger partial charge in [-0.2, -0.15) is 0 Å². The Balaban J connectivity index is 0.000000289. The Morgan fingerprint density at radius 1 is 1.00 bits per heavy atom. The van der Waals surface area contributed by atoms with Crippen LogP contribution in [0.15, 0.2) is 42.5 Å². The predicted molar refractivity (Wildman–Crippen MR) is 146 cm³/mol. The van der Waals surface area contributed by atoms with Gasteiger partial charge in [-0.05, 0) is 49.9 Å². The molecule has 0 saturated carbocycles. The lowest BCUT2D eigenvalue weighted by atomic mass is 9.83. The van der Waals surface area contributed by atoms with Crippen LogP contribution in [0.2, 0.25) is 0 Å². The number of methoxy groups -OCH3 is 1. The Hall–Kier alpha value is -3.93. The van der Waals surface area contributed by atoms with Crippen molar-refractivity contribution < 1.29 is 44.7 Å². The topological polar surface area (TPSA) is 181 Å². The third-order valence-corrected chi connectivity index (χ3v) is 7.23. The van der Waals surface area contributed by atoms with Gasteiger partial charge in [-0.1, -0.05) is 30.3 Å². The second-order valence-electron chi connectivity index (χ2n) is 10.3. The summed E-state index contributed by atoms with van der Waals surface area (Å²) in [4.78, 5) is 36.5. The van der Waals surface area contributed by atoms with Gasteiger partial charge in [0.1, 0.15) is 5.75 Å². The minimum absolute atomic E-state index is 0.716. The van der Waals surface area contributed by atoms with Crippen molar-refractivity contribution in [2.24, 2.45) is 0 Å². The molecule has 1 aliphatic rings. The second kappa shape index (κ2) is 12.5. The first-order valence-electron chi connectivity index (χ1n) is 12.8. The van der Waals surface area contributed by atoms with Crippen molar-refractivity contribution in [1.82, 2.24) is 9.88 Å². The monoisotopic (exact) mass is 556 g/mol. The molecule has 0 spiro atoms. The lowest BCUT2D eigenvalue weighted by Gasteiger charge is -2.39. The summed E-state index contributed by atoms with van der Waals surface area (Å²) in [5.41, 5.74) is 2.45. The molecule has 40 heavy (non-hydrogen) atoms. The fourth-order valence-electron chi connectivity index (χ4n) is 5.03. The van der Waals surface area contributed by atoms with Crippen molar-refractivity contribution in [3.8, 4) is 5.75 Å². The van der Waals surface area contributed by atoms with Crippen LogP contribution in [0.4, 0.5) is 0 Å². The number of aromatic amines is 1. The number of hydrogen-bond donors (Lipinski definition) is 6. The molecule has 1 saturated heterocycles. The zero-order chi connectivity index (χ0) is 29.7. The summed E-state index contributed by atoms with van der Waals surface area (Å²) in [5.74, 6) is -4.24. The number of H-pyrrole nitrogens is 1. The van der Waals surface area contributed by atoms with Crippen LogP contribution in [-0.4, -0.2) is 79.1 Å². The number of likely N-dealkylation sites (tertiary alicyclic amines) is 1. The highest BCUT2D eigenvalue weighted by atomic mass is 16.5. The van der Waals surface area contributed by atoms with Crippen molar-refractivity contribution in [3.05, 3.63) is 64.8 Å². The highest BCUT2D eigenvalue weighted by molar-refractivity contribution is 5.88. The number of carbonyl (C=O) groups is 3. The fourth-order valence-corrected chi connectivity index (χ4v) is 5.03. The summed E-state index contributed by atoms with van der Waals surface area (Å²) in [5, 5.41) is 46.4. The Morgan fingerprint density at radius 2 is 1.60 bits per heavy atom. The van der Waals surface area contributed by atoms with Crippen molar-refractivity contribution >= 4 is 28.8 Å². The van der Waals surface area contributed by atoms with Gasteiger partial charge in [0.15, 0.2) is 5.60 Å². The number of carboxylic acid groups (broad SMARTS) is 3. The van der Waals surface area contributed by atoms with Crippen LogP contribution >= 0.6 is 0 Å². The molecule has 216 valence electrons. The number of nitrogens with zero attached hydrogens (tertiary/aromatic N) is 1. The number of benzene rings is 2. The molecule has 6 N–H and O–H groups in total. The van der Waals surface area contributed by atoms with E-state index in [-0.39, 0.29) is 0 Å². The van der Waals surface area contributed by atoms with Gasteiger partial charge < -0.3 is 35.3 Å². The third kappa shape index (κ3) is 7.17. The first-order valence-corrected chi connectivity index (χ1v) is 12.8. The number of nitrogens with one attached hydrogen (secondary N) is 1. The van der Waals surface area contributed by atoms with E-state index in [1.54, 1.807) is 7.11 Å². The van der Waals surface area contributed by atoms with E-state index in [9.17, 15) is 19.5 Å². The highest BCUT2D eigenvalue weighted by Gasteiger charge is 2.41. The van der Waals surface area contributed by atoms with E-state index >= 15 is 0 Å². The maximum Gasteiger partial charge on any atom is 0.336 e. The maximum absolute atomic E-state index is 11.2. The lowest BCUT2D eigenvalue weighted by molar-refractivity contribution is -0.170. The quantitative estimate of drug-likeness (QED) is 0.229. The average Bonchev–Trinajstić information content (AvgIpc) is 3.18. The summed E-state index contributed by atoms with van der Waals surface area (Å²) >= 11 is 0. The minimum atomic E-state index is -2.74. The molecule has 2 heterocycles. The molecule has 0 unspecified atom stereocenters. The number of para-hydroxylation sites is 1. The predicted octanol–water partition coefficient (Wildman–Crippen LogP) is 3.03. The standard InChI is InChI=1S/C23H28N2O2.C6H8O7/c1-16-8-9-18-19(17(2)24-21(18)14-16)15-25-12-10-23(26,11-13-25)20-6-4-5-7-22(20)27-3;7-3(8)1-6(13,5(11)12)2-4(9)10/h4-9,14,24,26H,10-13,15H2,1-3H3;13H,1-2H2,(H,7,8)(H,9,10)(H,11,12).